The summed E-state index contributed by atoms with van der Waals surface area (Å²) in [6, 6.07) is 13.3. The van der Waals surface area contributed by atoms with Crippen molar-refractivity contribution in [2.75, 3.05) is 13.7 Å². The second kappa shape index (κ2) is 8.05. The number of rotatable bonds is 7. The van der Waals surface area contributed by atoms with Crippen LogP contribution in [0.1, 0.15) is 21.5 Å². The van der Waals surface area contributed by atoms with Crippen LogP contribution in [0.15, 0.2) is 53.4 Å². The van der Waals surface area contributed by atoms with Crippen LogP contribution in [0.25, 0.3) is 0 Å². The molecule has 128 valence electrons. The molecule has 0 aliphatic heterocycles. The van der Waals surface area contributed by atoms with Gasteiger partial charge in [0.2, 0.25) is 10.0 Å². The number of sulfonamides is 1. The highest BCUT2D eigenvalue weighted by Gasteiger charge is 2.14. The van der Waals surface area contributed by atoms with Crippen molar-refractivity contribution in [3.05, 3.63) is 65.2 Å². The van der Waals surface area contributed by atoms with Gasteiger partial charge in [-0.3, -0.25) is 0 Å². The fraction of sp³-hybridized carbons (Fsp3) is 0.235. The third-order valence-corrected chi connectivity index (χ3v) is 4.86. The van der Waals surface area contributed by atoms with Crippen LogP contribution in [-0.4, -0.2) is 28.0 Å². The highest BCUT2D eigenvalue weighted by atomic mass is 32.2. The summed E-state index contributed by atoms with van der Waals surface area (Å²) in [6.45, 7) is 0.533. The number of hydrogen-bond acceptors (Lipinski definition) is 5. The molecule has 0 aliphatic carbocycles. The van der Waals surface area contributed by atoms with E-state index in [0.717, 1.165) is 5.56 Å². The summed E-state index contributed by atoms with van der Waals surface area (Å²) in [4.78, 5) is 11.7. The minimum Gasteiger partial charge on any atom is -0.465 e. The highest BCUT2D eigenvalue weighted by molar-refractivity contribution is 7.89. The lowest BCUT2D eigenvalue weighted by Gasteiger charge is -2.09. The second-order valence-corrected chi connectivity index (χ2v) is 6.97. The maximum absolute atomic E-state index is 12.4. The van der Waals surface area contributed by atoms with Crippen LogP contribution in [0, 0.1) is 0 Å². The summed E-state index contributed by atoms with van der Waals surface area (Å²) in [6.07, 6.45) is 0.616. The van der Waals surface area contributed by atoms with Crippen molar-refractivity contribution in [2.24, 2.45) is 5.73 Å². The molecule has 0 saturated heterocycles. The summed E-state index contributed by atoms with van der Waals surface area (Å²) in [5.41, 5.74) is 7.41. The predicted octanol–water partition coefficient (Wildman–Crippen LogP) is 1.45. The molecule has 7 heteroatoms. The first-order valence-electron chi connectivity index (χ1n) is 7.42. The number of carbonyl (C=O) groups excluding carboxylic acids is 1. The Hall–Kier alpha value is -2.22. The highest BCUT2D eigenvalue weighted by Crippen LogP contribution is 2.13. The minimum absolute atomic E-state index is 0.0777. The molecule has 0 radical (unpaired) electrons. The van der Waals surface area contributed by atoms with Crippen molar-refractivity contribution in [1.29, 1.82) is 0 Å². The number of esters is 1. The zero-order valence-corrected chi connectivity index (χ0v) is 14.2. The first-order valence-corrected chi connectivity index (χ1v) is 8.90. The molecule has 0 amide bonds. The summed E-state index contributed by atoms with van der Waals surface area (Å²) in [5, 5.41) is 0. The van der Waals surface area contributed by atoms with Gasteiger partial charge in [-0.2, -0.15) is 0 Å². The molecule has 2 rings (SSSR count). The van der Waals surface area contributed by atoms with E-state index in [-0.39, 0.29) is 11.4 Å². The largest absolute Gasteiger partial charge is 0.465 e. The molecule has 0 heterocycles. The molecule has 6 nitrogen and oxygen atoms in total. The van der Waals surface area contributed by atoms with Gasteiger partial charge in [-0.05, 0) is 48.4 Å². The Balaban J connectivity index is 2.13. The van der Waals surface area contributed by atoms with E-state index in [2.05, 4.69) is 9.46 Å². The maximum atomic E-state index is 12.4. The maximum Gasteiger partial charge on any atom is 0.337 e. The van der Waals surface area contributed by atoms with E-state index in [9.17, 15) is 13.2 Å². The van der Waals surface area contributed by atoms with Gasteiger partial charge in [0, 0.05) is 6.54 Å². The molecule has 0 aromatic heterocycles. The van der Waals surface area contributed by atoms with Crippen molar-refractivity contribution in [3.8, 4) is 0 Å². The Morgan fingerprint density at radius 3 is 2.54 bits per heavy atom. The van der Waals surface area contributed by atoms with Crippen molar-refractivity contribution in [2.45, 2.75) is 17.9 Å². The van der Waals surface area contributed by atoms with E-state index in [1.54, 1.807) is 36.4 Å². The number of nitrogens with one attached hydrogen (secondary N) is 1. The smallest absolute Gasteiger partial charge is 0.337 e. The number of carbonyl (C=O) groups is 1. The number of methoxy groups -OCH3 is 1. The first-order chi connectivity index (χ1) is 11.5. The van der Waals surface area contributed by atoms with Crippen LogP contribution in [0.4, 0.5) is 0 Å². The lowest BCUT2D eigenvalue weighted by Crippen LogP contribution is -2.23. The molecule has 0 bridgehead atoms. The fourth-order valence-corrected chi connectivity index (χ4v) is 3.31. The molecule has 0 unspecified atom stereocenters. The van der Waals surface area contributed by atoms with Crippen molar-refractivity contribution < 1.29 is 17.9 Å². The van der Waals surface area contributed by atoms with Crippen LogP contribution >= 0.6 is 0 Å². The van der Waals surface area contributed by atoms with E-state index < -0.39 is 16.0 Å². The Morgan fingerprint density at radius 2 is 1.83 bits per heavy atom. The van der Waals surface area contributed by atoms with Gasteiger partial charge in [-0.25, -0.2) is 17.9 Å². The fourth-order valence-electron chi connectivity index (χ4n) is 2.22. The quantitative estimate of drug-likeness (QED) is 0.738. The van der Waals surface area contributed by atoms with Crippen LogP contribution < -0.4 is 10.5 Å². The zero-order chi connectivity index (χ0) is 17.6. The Labute approximate surface area is 141 Å². The second-order valence-electron chi connectivity index (χ2n) is 5.20. The van der Waals surface area contributed by atoms with Crippen LogP contribution in [0.5, 0.6) is 0 Å². The Morgan fingerprint density at radius 1 is 1.12 bits per heavy atom. The SMILES string of the molecule is COC(=O)c1cccc(CNS(=O)(=O)c2cccc(CCN)c2)c1. The van der Waals surface area contributed by atoms with E-state index in [1.807, 2.05) is 6.07 Å². The third kappa shape index (κ3) is 4.64. The van der Waals surface area contributed by atoms with Gasteiger partial charge in [-0.1, -0.05) is 24.3 Å². The molecule has 2 aromatic carbocycles. The van der Waals surface area contributed by atoms with E-state index in [0.29, 0.717) is 24.1 Å². The van der Waals surface area contributed by atoms with E-state index in [1.165, 1.54) is 13.2 Å². The van der Waals surface area contributed by atoms with Gasteiger partial charge in [0.1, 0.15) is 0 Å². The summed E-state index contributed by atoms with van der Waals surface area (Å²) >= 11 is 0. The number of ether oxygens (including phenoxy) is 1. The lowest BCUT2D eigenvalue weighted by atomic mass is 10.1. The molecular formula is C17H20N2O4S. The van der Waals surface area contributed by atoms with Crippen LogP contribution in [-0.2, 0) is 27.7 Å². The monoisotopic (exact) mass is 348 g/mol. The molecule has 3 N–H and O–H groups in total. The topological polar surface area (TPSA) is 98.5 Å². The van der Waals surface area contributed by atoms with Gasteiger partial charge >= 0.3 is 5.97 Å². The summed E-state index contributed by atoms with van der Waals surface area (Å²) < 4.78 is 32.0. The molecule has 0 fully saturated rings. The number of benzene rings is 2. The summed E-state index contributed by atoms with van der Waals surface area (Å²) in [5.74, 6) is -0.464. The molecule has 24 heavy (non-hydrogen) atoms. The number of nitrogens with two attached hydrogens (primary N) is 1. The lowest BCUT2D eigenvalue weighted by molar-refractivity contribution is 0.0600. The minimum atomic E-state index is -3.64. The van der Waals surface area contributed by atoms with Crippen LogP contribution in [0.3, 0.4) is 0 Å². The average Bonchev–Trinajstić information content (AvgIpc) is 2.60. The van der Waals surface area contributed by atoms with Gasteiger partial charge in [0.25, 0.3) is 0 Å². The van der Waals surface area contributed by atoms with Gasteiger partial charge < -0.3 is 10.5 Å². The van der Waals surface area contributed by atoms with Gasteiger partial charge in [-0.15, -0.1) is 0 Å². The molecule has 2 aromatic rings. The number of hydrogen-bond donors (Lipinski definition) is 2. The van der Waals surface area contributed by atoms with E-state index >= 15 is 0 Å². The summed E-state index contributed by atoms with van der Waals surface area (Å²) in [7, 11) is -2.35. The van der Waals surface area contributed by atoms with Crippen molar-refractivity contribution in [1.82, 2.24) is 4.72 Å². The predicted molar refractivity (Wildman–Crippen MR) is 91.0 cm³/mol. The Kier molecular flexibility index (Phi) is 6.08. The van der Waals surface area contributed by atoms with Crippen LogP contribution in [0.2, 0.25) is 0 Å². The molecule has 0 saturated carbocycles. The molecule has 0 aliphatic rings. The normalized spacial score (nSPS) is 11.2. The van der Waals surface area contributed by atoms with Crippen molar-refractivity contribution in [3.63, 3.8) is 0 Å². The molecule has 0 atom stereocenters. The van der Waals surface area contributed by atoms with Gasteiger partial charge in [0.15, 0.2) is 0 Å². The first kappa shape index (κ1) is 18.1. The third-order valence-electron chi connectivity index (χ3n) is 3.46. The Bertz CT molecular complexity index is 819. The van der Waals surface area contributed by atoms with E-state index in [4.69, 9.17) is 5.73 Å². The molecular weight excluding hydrogens is 328 g/mol. The zero-order valence-electron chi connectivity index (χ0n) is 13.4. The average molecular weight is 348 g/mol. The standard InChI is InChI=1S/C17H20N2O4S/c1-23-17(20)15-6-2-5-14(10-15)12-19-24(21,22)16-7-3-4-13(11-16)8-9-18/h2-7,10-11,19H,8-9,12,18H2,1H3. The van der Waals surface area contributed by atoms with Gasteiger partial charge in [0.05, 0.1) is 17.6 Å². The van der Waals surface area contributed by atoms with Crippen molar-refractivity contribution >= 4 is 16.0 Å². The molecule has 0 spiro atoms.